The van der Waals surface area contributed by atoms with Gasteiger partial charge >= 0.3 is 6.03 Å². The van der Waals surface area contributed by atoms with E-state index >= 15 is 0 Å². The molecule has 10 heteroatoms. The van der Waals surface area contributed by atoms with Crippen molar-refractivity contribution < 1.29 is 21.6 Å². The average Bonchev–Trinajstić information content (AvgIpc) is 2.74. The van der Waals surface area contributed by atoms with E-state index in [0.29, 0.717) is 0 Å². The van der Waals surface area contributed by atoms with Crippen molar-refractivity contribution in [2.24, 2.45) is 0 Å². The molecule has 0 aliphatic carbocycles. The van der Waals surface area contributed by atoms with E-state index in [1.807, 2.05) is 32.4 Å². The van der Waals surface area contributed by atoms with E-state index in [1.54, 1.807) is 36.4 Å². The van der Waals surface area contributed by atoms with Crippen molar-refractivity contribution in [3.8, 4) is 0 Å². The van der Waals surface area contributed by atoms with Crippen LogP contribution >= 0.6 is 0 Å². The molecule has 3 aromatic carbocycles. The van der Waals surface area contributed by atoms with Crippen molar-refractivity contribution in [2.45, 2.75) is 42.9 Å². The lowest BCUT2D eigenvalue weighted by Gasteiger charge is -2.19. The van der Waals surface area contributed by atoms with Gasteiger partial charge in [-0.05, 0) is 54.3 Å². The number of benzene rings is 3. The molecule has 0 unspecified atom stereocenters. The molecule has 3 aromatic rings. The first-order valence-corrected chi connectivity index (χ1v) is 13.4. The fourth-order valence-corrected chi connectivity index (χ4v) is 5.05. The zero-order chi connectivity index (χ0) is 25.1. The van der Waals surface area contributed by atoms with E-state index in [0.717, 1.165) is 11.1 Å². The van der Waals surface area contributed by atoms with Gasteiger partial charge in [0.05, 0.1) is 21.2 Å². The summed E-state index contributed by atoms with van der Waals surface area (Å²) in [5.74, 6) is 0. The third kappa shape index (κ3) is 6.15. The average molecular weight is 502 g/mol. The Kier molecular flexibility index (Phi) is 7.04. The molecular formula is C24H27N3O5S2. The first-order valence-electron chi connectivity index (χ1n) is 10.4. The maximum absolute atomic E-state index is 12.9. The van der Waals surface area contributed by atoms with Crippen LogP contribution in [0.5, 0.6) is 0 Å². The molecule has 0 aliphatic heterocycles. The molecule has 0 saturated carbocycles. The van der Waals surface area contributed by atoms with E-state index < -0.39 is 26.1 Å². The standard InChI is InChI=1S/C24H27N3O5S2/c1-17-9-13-19(14-10-17)34(31,32)27-23(28)25-21-7-5-6-8-22(21)26-33(29,30)20-15-11-18(12-16-20)24(2,3)4/h5-16,26H,1-4H3,(H2,25,27,28). The molecule has 0 bridgehead atoms. The van der Waals surface area contributed by atoms with Crippen LogP contribution < -0.4 is 14.8 Å². The van der Waals surface area contributed by atoms with Crippen LogP contribution in [0.4, 0.5) is 16.2 Å². The molecule has 0 spiro atoms. The number of urea groups is 1. The number of nitrogens with one attached hydrogen (secondary N) is 3. The monoisotopic (exact) mass is 501 g/mol. The molecule has 3 N–H and O–H groups in total. The van der Waals surface area contributed by atoms with Gasteiger partial charge in [0.15, 0.2) is 0 Å². The van der Waals surface area contributed by atoms with Gasteiger partial charge in [-0.2, -0.15) is 0 Å². The summed E-state index contributed by atoms with van der Waals surface area (Å²) in [6, 6.07) is 17.6. The van der Waals surface area contributed by atoms with Gasteiger partial charge < -0.3 is 5.32 Å². The highest BCUT2D eigenvalue weighted by molar-refractivity contribution is 7.92. The molecule has 0 aliphatic rings. The Bertz CT molecular complexity index is 1390. The van der Waals surface area contributed by atoms with Crippen molar-refractivity contribution in [2.75, 3.05) is 10.0 Å². The highest BCUT2D eigenvalue weighted by atomic mass is 32.2. The predicted octanol–water partition coefficient (Wildman–Crippen LogP) is 4.60. The number of carbonyl (C=O) groups excluding carboxylic acids is 1. The van der Waals surface area contributed by atoms with Gasteiger partial charge in [-0.25, -0.2) is 26.4 Å². The third-order valence-corrected chi connectivity index (χ3v) is 7.74. The van der Waals surface area contributed by atoms with Crippen molar-refractivity contribution in [3.63, 3.8) is 0 Å². The van der Waals surface area contributed by atoms with E-state index in [2.05, 4.69) is 10.0 Å². The van der Waals surface area contributed by atoms with Crippen LogP contribution in [0.2, 0.25) is 0 Å². The van der Waals surface area contributed by atoms with Crippen LogP contribution in [-0.2, 0) is 25.5 Å². The Labute approximate surface area is 200 Å². The van der Waals surface area contributed by atoms with Crippen LogP contribution in [0.1, 0.15) is 31.9 Å². The molecule has 2 amide bonds. The number of rotatable bonds is 6. The van der Waals surface area contributed by atoms with Crippen LogP contribution in [0.3, 0.4) is 0 Å². The van der Waals surface area contributed by atoms with Crippen molar-refractivity contribution in [1.29, 1.82) is 0 Å². The van der Waals surface area contributed by atoms with Gasteiger partial charge in [0.25, 0.3) is 20.0 Å². The molecular weight excluding hydrogens is 474 g/mol. The Morgan fingerprint density at radius 2 is 1.21 bits per heavy atom. The van der Waals surface area contributed by atoms with Gasteiger partial charge in [-0.15, -0.1) is 0 Å². The van der Waals surface area contributed by atoms with Crippen molar-refractivity contribution in [3.05, 3.63) is 83.9 Å². The van der Waals surface area contributed by atoms with Crippen molar-refractivity contribution in [1.82, 2.24) is 4.72 Å². The fourth-order valence-electron chi connectivity index (χ4n) is 3.07. The molecule has 0 saturated heterocycles. The van der Waals surface area contributed by atoms with E-state index in [9.17, 15) is 21.6 Å². The molecule has 0 fully saturated rings. The van der Waals surface area contributed by atoms with Gasteiger partial charge in [-0.1, -0.05) is 62.7 Å². The number of amides is 2. The maximum Gasteiger partial charge on any atom is 0.333 e. The first kappa shape index (κ1) is 25.3. The maximum atomic E-state index is 12.9. The predicted molar refractivity (Wildman–Crippen MR) is 133 cm³/mol. The molecule has 0 atom stereocenters. The summed E-state index contributed by atoms with van der Waals surface area (Å²) in [4.78, 5) is 12.4. The summed E-state index contributed by atoms with van der Waals surface area (Å²) in [7, 11) is -8.06. The van der Waals surface area contributed by atoms with Gasteiger partial charge in [0, 0.05) is 0 Å². The summed E-state index contributed by atoms with van der Waals surface area (Å²) >= 11 is 0. The minimum atomic E-state index is -4.10. The van der Waals surface area contributed by atoms with Gasteiger partial charge in [-0.3, -0.25) is 4.72 Å². The zero-order valence-electron chi connectivity index (χ0n) is 19.3. The largest absolute Gasteiger partial charge is 0.333 e. The van der Waals surface area contributed by atoms with Crippen LogP contribution in [-0.4, -0.2) is 22.9 Å². The Morgan fingerprint density at radius 3 is 1.76 bits per heavy atom. The van der Waals surface area contributed by atoms with Gasteiger partial charge in [0.1, 0.15) is 0 Å². The lowest BCUT2D eigenvalue weighted by molar-refractivity contribution is 0.256. The highest BCUT2D eigenvalue weighted by Gasteiger charge is 2.21. The number of carbonyl (C=O) groups is 1. The smallest absolute Gasteiger partial charge is 0.305 e. The molecule has 8 nitrogen and oxygen atoms in total. The lowest BCUT2D eigenvalue weighted by Crippen LogP contribution is -2.34. The number of para-hydroxylation sites is 2. The van der Waals surface area contributed by atoms with E-state index in [4.69, 9.17) is 0 Å². The topological polar surface area (TPSA) is 121 Å². The van der Waals surface area contributed by atoms with Crippen LogP contribution in [0.15, 0.2) is 82.6 Å². The Morgan fingerprint density at radius 1 is 0.706 bits per heavy atom. The number of anilines is 2. The van der Waals surface area contributed by atoms with Crippen LogP contribution in [0.25, 0.3) is 0 Å². The van der Waals surface area contributed by atoms with Crippen LogP contribution in [0, 0.1) is 6.92 Å². The number of hydrogen-bond acceptors (Lipinski definition) is 5. The molecule has 3 rings (SSSR count). The SMILES string of the molecule is Cc1ccc(S(=O)(=O)NC(=O)Nc2ccccc2NS(=O)(=O)c2ccc(C(C)(C)C)cc2)cc1. The quantitative estimate of drug-likeness (QED) is 0.456. The first-order chi connectivity index (χ1) is 15.8. The molecule has 0 heterocycles. The molecule has 180 valence electrons. The Hall–Kier alpha value is -3.37. The minimum absolute atomic E-state index is 0.0571. The summed E-state index contributed by atoms with van der Waals surface area (Å²) in [5.41, 5.74) is 1.91. The summed E-state index contributed by atoms with van der Waals surface area (Å²) < 4.78 is 55.1. The number of sulfonamides is 2. The molecule has 0 aromatic heterocycles. The summed E-state index contributed by atoms with van der Waals surface area (Å²) in [6.45, 7) is 7.90. The second-order valence-corrected chi connectivity index (χ2v) is 12.2. The summed E-state index contributed by atoms with van der Waals surface area (Å²) in [6.07, 6.45) is 0. The third-order valence-electron chi connectivity index (χ3n) is 5.01. The number of hydrogen-bond donors (Lipinski definition) is 3. The zero-order valence-corrected chi connectivity index (χ0v) is 20.9. The van der Waals surface area contributed by atoms with E-state index in [-0.39, 0.29) is 26.6 Å². The normalized spacial score (nSPS) is 12.1. The molecule has 0 radical (unpaired) electrons. The van der Waals surface area contributed by atoms with Gasteiger partial charge in [0.2, 0.25) is 0 Å². The lowest BCUT2D eigenvalue weighted by atomic mass is 9.87. The molecule has 34 heavy (non-hydrogen) atoms. The second-order valence-electron chi connectivity index (χ2n) is 8.80. The highest BCUT2D eigenvalue weighted by Crippen LogP contribution is 2.27. The minimum Gasteiger partial charge on any atom is -0.305 e. The second kappa shape index (κ2) is 9.47. The Balaban J connectivity index is 1.78. The summed E-state index contributed by atoms with van der Waals surface area (Å²) in [5, 5.41) is 2.39. The fraction of sp³-hybridized carbons (Fsp3) is 0.208. The van der Waals surface area contributed by atoms with E-state index in [1.165, 1.54) is 36.4 Å². The number of aryl methyl sites for hydroxylation is 1. The van der Waals surface area contributed by atoms with Crippen molar-refractivity contribution >= 4 is 37.5 Å².